The van der Waals surface area contributed by atoms with Crippen LogP contribution in [0.2, 0.25) is 0 Å². The summed E-state index contributed by atoms with van der Waals surface area (Å²) in [5.74, 6) is 0.0256. The molecule has 5 heteroatoms. The van der Waals surface area contributed by atoms with E-state index in [-0.39, 0.29) is 30.2 Å². The fourth-order valence-electron chi connectivity index (χ4n) is 2.82. The molecular formula is C19H29NO4. The normalized spacial score (nSPS) is 12.4. The summed E-state index contributed by atoms with van der Waals surface area (Å²) in [6.07, 6.45) is -0.00233. The molecule has 0 aliphatic heterocycles. The minimum Gasteiger partial charge on any atom is -0.496 e. The number of carbonyl (C=O) groups is 2. The molecule has 0 aliphatic carbocycles. The Hall–Kier alpha value is -1.88. The van der Waals surface area contributed by atoms with E-state index in [0.29, 0.717) is 23.3 Å². The number of nitrogens with zero attached hydrogens (tertiary/aromatic N) is 1. The van der Waals surface area contributed by atoms with Crippen LogP contribution in [0.4, 0.5) is 0 Å². The lowest BCUT2D eigenvalue weighted by Gasteiger charge is -2.31. The van der Waals surface area contributed by atoms with Crippen molar-refractivity contribution in [3.63, 3.8) is 0 Å². The SMILES string of the molecule is COc1cccc(C(=O)CCC(C)O)c1C(=O)N(C(C)C)C(C)C. The Kier molecular flexibility index (Phi) is 7.42. The summed E-state index contributed by atoms with van der Waals surface area (Å²) >= 11 is 0. The number of aliphatic hydroxyl groups excluding tert-OH is 1. The van der Waals surface area contributed by atoms with E-state index in [1.54, 1.807) is 30.0 Å². The highest BCUT2D eigenvalue weighted by Crippen LogP contribution is 2.27. The second-order valence-corrected chi connectivity index (χ2v) is 6.59. The van der Waals surface area contributed by atoms with Gasteiger partial charge in [0.1, 0.15) is 5.75 Å². The highest BCUT2D eigenvalue weighted by atomic mass is 16.5. The molecule has 1 amide bonds. The lowest BCUT2D eigenvalue weighted by atomic mass is 9.97. The number of hydrogen-bond acceptors (Lipinski definition) is 4. The number of rotatable bonds is 8. The van der Waals surface area contributed by atoms with Crippen molar-refractivity contribution in [2.24, 2.45) is 0 Å². The highest BCUT2D eigenvalue weighted by Gasteiger charge is 2.28. The molecule has 0 saturated heterocycles. The van der Waals surface area contributed by atoms with E-state index in [2.05, 4.69) is 0 Å². The first-order chi connectivity index (χ1) is 11.2. The van der Waals surface area contributed by atoms with Crippen LogP contribution >= 0.6 is 0 Å². The van der Waals surface area contributed by atoms with E-state index >= 15 is 0 Å². The van der Waals surface area contributed by atoms with Crippen LogP contribution in [0.3, 0.4) is 0 Å². The minimum absolute atomic E-state index is 0.00262. The zero-order valence-electron chi connectivity index (χ0n) is 15.5. The Morgan fingerprint density at radius 1 is 1.12 bits per heavy atom. The molecule has 0 radical (unpaired) electrons. The summed E-state index contributed by atoms with van der Waals surface area (Å²) in [5, 5.41) is 9.41. The van der Waals surface area contributed by atoms with E-state index in [1.807, 2.05) is 27.7 Å². The minimum atomic E-state index is -0.554. The first-order valence-electron chi connectivity index (χ1n) is 8.41. The molecule has 1 aromatic rings. The molecule has 0 saturated carbocycles. The number of Topliss-reactive ketones (excluding diaryl/α,β-unsaturated/α-hetero) is 1. The molecule has 1 unspecified atom stereocenters. The quantitative estimate of drug-likeness (QED) is 0.740. The summed E-state index contributed by atoms with van der Waals surface area (Å²) in [7, 11) is 1.49. The Morgan fingerprint density at radius 3 is 2.17 bits per heavy atom. The molecular weight excluding hydrogens is 306 g/mol. The molecule has 24 heavy (non-hydrogen) atoms. The van der Waals surface area contributed by atoms with Crippen molar-refractivity contribution >= 4 is 11.7 Å². The van der Waals surface area contributed by atoms with Gasteiger partial charge in [0.15, 0.2) is 5.78 Å². The molecule has 0 fully saturated rings. The Bertz CT molecular complexity index is 571. The maximum atomic E-state index is 13.1. The number of ketones is 1. The Balaban J connectivity index is 3.33. The average Bonchev–Trinajstić information content (AvgIpc) is 2.50. The topological polar surface area (TPSA) is 66.8 Å². The number of aliphatic hydroxyl groups is 1. The van der Waals surface area contributed by atoms with Gasteiger partial charge in [-0.3, -0.25) is 9.59 Å². The van der Waals surface area contributed by atoms with Crippen molar-refractivity contribution in [2.75, 3.05) is 7.11 Å². The van der Waals surface area contributed by atoms with Gasteiger partial charge in [-0.1, -0.05) is 12.1 Å². The van der Waals surface area contributed by atoms with Gasteiger partial charge in [-0.25, -0.2) is 0 Å². The van der Waals surface area contributed by atoms with Crippen LogP contribution < -0.4 is 4.74 Å². The summed E-state index contributed by atoms with van der Waals surface area (Å²) in [6.45, 7) is 9.43. The molecule has 0 aromatic heterocycles. The highest BCUT2D eigenvalue weighted by molar-refractivity contribution is 6.09. The molecule has 134 valence electrons. The van der Waals surface area contributed by atoms with Crippen molar-refractivity contribution < 1.29 is 19.4 Å². The lowest BCUT2D eigenvalue weighted by Crippen LogP contribution is -2.42. The molecule has 0 spiro atoms. The Labute approximate surface area is 144 Å². The number of carbonyl (C=O) groups excluding carboxylic acids is 2. The molecule has 5 nitrogen and oxygen atoms in total. The van der Waals surface area contributed by atoms with Crippen molar-refractivity contribution in [3.8, 4) is 5.75 Å². The molecule has 0 aliphatic rings. The maximum absolute atomic E-state index is 13.1. The van der Waals surface area contributed by atoms with E-state index in [0.717, 1.165) is 0 Å². The largest absolute Gasteiger partial charge is 0.496 e. The van der Waals surface area contributed by atoms with Gasteiger partial charge in [-0.05, 0) is 47.1 Å². The zero-order chi connectivity index (χ0) is 18.4. The zero-order valence-corrected chi connectivity index (χ0v) is 15.5. The fourth-order valence-corrected chi connectivity index (χ4v) is 2.82. The third-order valence-corrected chi connectivity index (χ3v) is 3.90. The van der Waals surface area contributed by atoms with Crippen molar-refractivity contribution in [1.82, 2.24) is 4.90 Å². The fraction of sp³-hybridized carbons (Fsp3) is 0.579. The van der Waals surface area contributed by atoms with Gasteiger partial charge in [-0.2, -0.15) is 0 Å². The average molecular weight is 335 g/mol. The van der Waals surface area contributed by atoms with Crippen LogP contribution in [0.25, 0.3) is 0 Å². The molecule has 1 aromatic carbocycles. The van der Waals surface area contributed by atoms with Gasteiger partial charge in [0.25, 0.3) is 5.91 Å². The number of amides is 1. The molecule has 1 N–H and O–H groups in total. The number of ether oxygens (including phenoxy) is 1. The second-order valence-electron chi connectivity index (χ2n) is 6.59. The van der Waals surface area contributed by atoms with Crippen LogP contribution in [-0.2, 0) is 0 Å². The summed E-state index contributed by atoms with van der Waals surface area (Å²) in [6, 6.07) is 5.06. The number of benzene rings is 1. The summed E-state index contributed by atoms with van der Waals surface area (Å²) < 4.78 is 5.34. The van der Waals surface area contributed by atoms with Crippen molar-refractivity contribution in [1.29, 1.82) is 0 Å². The molecule has 1 rings (SSSR count). The third kappa shape index (κ3) is 4.81. The van der Waals surface area contributed by atoms with E-state index < -0.39 is 6.10 Å². The second kappa shape index (κ2) is 8.83. The van der Waals surface area contributed by atoms with Gasteiger partial charge in [-0.15, -0.1) is 0 Å². The van der Waals surface area contributed by atoms with Crippen LogP contribution in [-0.4, -0.2) is 47.0 Å². The number of methoxy groups -OCH3 is 1. The third-order valence-electron chi connectivity index (χ3n) is 3.90. The first kappa shape index (κ1) is 20.2. The van der Waals surface area contributed by atoms with Crippen molar-refractivity contribution in [3.05, 3.63) is 29.3 Å². The predicted octanol–water partition coefficient (Wildman–Crippen LogP) is 3.30. The molecule has 1 atom stereocenters. The van der Waals surface area contributed by atoms with Crippen LogP contribution in [0.1, 0.15) is 68.2 Å². The first-order valence-corrected chi connectivity index (χ1v) is 8.41. The van der Waals surface area contributed by atoms with Gasteiger partial charge in [0.2, 0.25) is 0 Å². The van der Waals surface area contributed by atoms with Gasteiger partial charge < -0.3 is 14.7 Å². The van der Waals surface area contributed by atoms with Crippen molar-refractivity contribution in [2.45, 2.75) is 65.6 Å². The van der Waals surface area contributed by atoms with E-state index in [9.17, 15) is 14.7 Å². The predicted molar refractivity (Wildman–Crippen MR) is 94.7 cm³/mol. The smallest absolute Gasteiger partial charge is 0.258 e. The number of hydrogen-bond donors (Lipinski definition) is 1. The van der Waals surface area contributed by atoms with Crippen LogP contribution in [0.5, 0.6) is 5.75 Å². The van der Waals surface area contributed by atoms with E-state index in [4.69, 9.17) is 4.74 Å². The lowest BCUT2D eigenvalue weighted by molar-refractivity contribution is 0.0636. The Morgan fingerprint density at radius 2 is 1.71 bits per heavy atom. The van der Waals surface area contributed by atoms with E-state index in [1.165, 1.54) is 7.11 Å². The van der Waals surface area contributed by atoms with Gasteiger partial charge >= 0.3 is 0 Å². The van der Waals surface area contributed by atoms with Gasteiger partial charge in [0.05, 0.1) is 18.8 Å². The summed E-state index contributed by atoms with van der Waals surface area (Å²) in [4.78, 5) is 27.4. The molecule has 0 heterocycles. The van der Waals surface area contributed by atoms with Crippen LogP contribution in [0, 0.1) is 0 Å². The summed E-state index contributed by atoms with van der Waals surface area (Å²) in [5.41, 5.74) is 0.657. The van der Waals surface area contributed by atoms with Crippen LogP contribution in [0.15, 0.2) is 18.2 Å². The molecule has 0 bridgehead atoms. The standard InChI is InChI=1S/C19H29NO4/c1-12(2)20(13(3)4)19(23)18-15(8-7-9-17(18)24-6)16(22)11-10-14(5)21/h7-9,12-14,21H,10-11H2,1-6H3. The monoisotopic (exact) mass is 335 g/mol. The van der Waals surface area contributed by atoms with Gasteiger partial charge in [0, 0.05) is 24.1 Å². The maximum Gasteiger partial charge on any atom is 0.258 e.